The Kier molecular flexibility index (Phi) is 5.06. The molecule has 0 bridgehead atoms. The summed E-state index contributed by atoms with van der Waals surface area (Å²) in [5.41, 5.74) is 2.59. The van der Waals surface area contributed by atoms with Crippen LogP contribution in [0.5, 0.6) is 0 Å². The van der Waals surface area contributed by atoms with Crippen molar-refractivity contribution >= 4 is 17.6 Å². The van der Waals surface area contributed by atoms with Crippen molar-refractivity contribution in [1.29, 1.82) is 0 Å². The van der Waals surface area contributed by atoms with Crippen molar-refractivity contribution in [3.05, 3.63) is 47.8 Å². The minimum atomic E-state index is -1.09. The van der Waals surface area contributed by atoms with Gasteiger partial charge in [0.15, 0.2) is 0 Å². The maximum Gasteiger partial charge on any atom is 0.338 e. The second kappa shape index (κ2) is 7.44. The minimum absolute atomic E-state index is 0.0328. The van der Waals surface area contributed by atoms with Gasteiger partial charge in [-0.15, -0.1) is 0 Å². The van der Waals surface area contributed by atoms with E-state index in [-0.39, 0.29) is 11.5 Å². The molecule has 0 aliphatic heterocycles. The molecule has 0 spiro atoms. The fourth-order valence-corrected chi connectivity index (χ4v) is 2.59. The number of anilines is 1. The standard InChI is InChI=1S/C17H21N7O3/c1-4-22-7-14(11(2)21-22)8-23-10-15(6-18-23)20-16(25)12(3)24-9-13(5-19-24)17(26)27/h5-7,9-10,12H,4,8H2,1-3H3,(H,20,25)(H,26,27). The largest absolute Gasteiger partial charge is 0.478 e. The van der Waals surface area contributed by atoms with Gasteiger partial charge < -0.3 is 10.4 Å². The Labute approximate surface area is 155 Å². The summed E-state index contributed by atoms with van der Waals surface area (Å²) in [4.78, 5) is 23.3. The molecule has 3 rings (SSSR count). The van der Waals surface area contributed by atoms with Gasteiger partial charge in [0, 0.05) is 30.7 Å². The number of carboxylic acids is 1. The third-order valence-electron chi connectivity index (χ3n) is 4.23. The van der Waals surface area contributed by atoms with E-state index in [1.54, 1.807) is 24.0 Å². The Morgan fingerprint density at radius 2 is 1.96 bits per heavy atom. The molecule has 3 aromatic rings. The van der Waals surface area contributed by atoms with E-state index in [2.05, 4.69) is 20.6 Å². The van der Waals surface area contributed by atoms with Gasteiger partial charge in [-0.2, -0.15) is 15.3 Å². The van der Waals surface area contributed by atoms with Crippen molar-refractivity contribution in [3.8, 4) is 0 Å². The molecule has 3 heterocycles. The number of nitrogens with one attached hydrogen (secondary N) is 1. The van der Waals surface area contributed by atoms with Crippen molar-refractivity contribution in [2.45, 2.75) is 39.9 Å². The number of aryl methyl sites for hydroxylation is 2. The van der Waals surface area contributed by atoms with Gasteiger partial charge in [-0.05, 0) is 20.8 Å². The van der Waals surface area contributed by atoms with E-state index < -0.39 is 12.0 Å². The summed E-state index contributed by atoms with van der Waals surface area (Å²) < 4.78 is 4.90. The summed E-state index contributed by atoms with van der Waals surface area (Å²) in [7, 11) is 0. The minimum Gasteiger partial charge on any atom is -0.478 e. The molecule has 3 aromatic heterocycles. The van der Waals surface area contributed by atoms with Crippen molar-refractivity contribution in [2.75, 3.05) is 5.32 Å². The van der Waals surface area contributed by atoms with Crippen LogP contribution >= 0.6 is 0 Å². The van der Waals surface area contributed by atoms with E-state index in [4.69, 9.17) is 5.11 Å². The Morgan fingerprint density at radius 1 is 1.19 bits per heavy atom. The fraction of sp³-hybridized carbons (Fsp3) is 0.353. The zero-order chi connectivity index (χ0) is 19.6. The maximum atomic E-state index is 12.4. The molecule has 0 aromatic carbocycles. The van der Waals surface area contributed by atoms with Gasteiger partial charge >= 0.3 is 5.97 Å². The van der Waals surface area contributed by atoms with Gasteiger partial charge in [-0.25, -0.2) is 4.79 Å². The van der Waals surface area contributed by atoms with Crippen LogP contribution in [0.2, 0.25) is 0 Å². The van der Waals surface area contributed by atoms with Crippen molar-refractivity contribution < 1.29 is 14.7 Å². The lowest BCUT2D eigenvalue weighted by molar-refractivity contribution is -0.119. The lowest BCUT2D eigenvalue weighted by atomic mass is 10.3. The molecule has 10 nitrogen and oxygen atoms in total. The van der Waals surface area contributed by atoms with Gasteiger partial charge in [0.2, 0.25) is 5.91 Å². The van der Waals surface area contributed by atoms with Gasteiger partial charge in [0.05, 0.1) is 35.9 Å². The number of rotatable bonds is 7. The van der Waals surface area contributed by atoms with Crippen LogP contribution in [-0.2, 0) is 17.9 Å². The predicted octanol–water partition coefficient (Wildman–Crippen LogP) is 1.55. The number of carbonyl (C=O) groups is 2. The number of amides is 1. The van der Waals surface area contributed by atoms with Crippen LogP contribution in [0.15, 0.2) is 31.0 Å². The first-order chi connectivity index (χ1) is 12.9. The summed E-state index contributed by atoms with van der Waals surface area (Å²) >= 11 is 0. The highest BCUT2D eigenvalue weighted by Crippen LogP contribution is 2.14. The molecule has 1 atom stereocenters. The predicted molar refractivity (Wildman–Crippen MR) is 96.5 cm³/mol. The van der Waals surface area contributed by atoms with Crippen LogP contribution in [0.25, 0.3) is 0 Å². The lowest BCUT2D eigenvalue weighted by Gasteiger charge is -2.11. The molecule has 0 fully saturated rings. The van der Waals surface area contributed by atoms with E-state index in [1.807, 2.05) is 24.7 Å². The number of carbonyl (C=O) groups excluding carboxylic acids is 1. The smallest absolute Gasteiger partial charge is 0.338 e. The maximum absolute atomic E-state index is 12.4. The normalized spacial score (nSPS) is 12.1. The molecule has 0 aliphatic rings. The fourth-order valence-electron chi connectivity index (χ4n) is 2.59. The van der Waals surface area contributed by atoms with Crippen LogP contribution in [0.4, 0.5) is 5.69 Å². The summed E-state index contributed by atoms with van der Waals surface area (Å²) in [5, 5.41) is 24.3. The van der Waals surface area contributed by atoms with E-state index >= 15 is 0 Å². The number of aromatic nitrogens is 6. The van der Waals surface area contributed by atoms with Crippen LogP contribution in [0.3, 0.4) is 0 Å². The van der Waals surface area contributed by atoms with E-state index in [1.165, 1.54) is 17.1 Å². The van der Waals surface area contributed by atoms with E-state index in [9.17, 15) is 9.59 Å². The topological polar surface area (TPSA) is 120 Å². The van der Waals surface area contributed by atoms with Crippen LogP contribution in [-0.4, -0.2) is 46.3 Å². The molecular weight excluding hydrogens is 350 g/mol. The average Bonchev–Trinajstić information content (AvgIpc) is 3.35. The van der Waals surface area contributed by atoms with E-state index in [0.29, 0.717) is 12.2 Å². The number of hydrogen-bond acceptors (Lipinski definition) is 5. The highest BCUT2D eigenvalue weighted by Gasteiger charge is 2.18. The van der Waals surface area contributed by atoms with Crippen molar-refractivity contribution in [1.82, 2.24) is 29.3 Å². The SMILES string of the molecule is CCn1cc(Cn2cc(NC(=O)C(C)n3cc(C(=O)O)cn3)cn2)c(C)n1. The highest BCUT2D eigenvalue weighted by atomic mass is 16.4. The third-order valence-corrected chi connectivity index (χ3v) is 4.23. The summed E-state index contributed by atoms with van der Waals surface area (Å²) in [6.07, 6.45) is 7.82. The Hall–Kier alpha value is -3.43. The van der Waals surface area contributed by atoms with Gasteiger partial charge in [-0.1, -0.05) is 0 Å². The summed E-state index contributed by atoms with van der Waals surface area (Å²) in [6.45, 7) is 6.97. The van der Waals surface area contributed by atoms with Crippen LogP contribution in [0.1, 0.15) is 41.5 Å². The molecular formula is C17H21N7O3. The van der Waals surface area contributed by atoms with Gasteiger partial charge in [0.1, 0.15) is 6.04 Å². The lowest BCUT2D eigenvalue weighted by Crippen LogP contribution is -2.23. The third kappa shape index (κ3) is 4.05. The second-order valence-corrected chi connectivity index (χ2v) is 6.20. The molecule has 0 saturated heterocycles. The Bertz CT molecular complexity index is 969. The quantitative estimate of drug-likeness (QED) is 0.650. The molecule has 1 amide bonds. The molecule has 0 aliphatic carbocycles. The Morgan fingerprint density at radius 3 is 2.59 bits per heavy atom. The van der Waals surface area contributed by atoms with Crippen molar-refractivity contribution in [3.63, 3.8) is 0 Å². The molecule has 0 radical (unpaired) electrons. The first-order valence-corrected chi connectivity index (χ1v) is 8.51. The first kappa shape index (κ1) is 18.4. The number of aromatic carboxylic acids is 1. The summed E-state index contributed by atoms with van der Waals surface area (Å²) in [5.74, 6) is -1.40. The number of carboxylic acid groups (broad SMARTS) is 1. The molecule has 0 saturated carbocycles. The van der Waals surface area contributed by atoms with Gasteiger partial charge in [-0.3, -0.25) is 18.8 Å². The molecule has 10 heteroatoms. The van der Waals surface area contributed by atoms with Crippen molar-refractivity contribution in [2.24, 2.45) is 0 Å². The van der Waals surface area contributed by atoms with E-state index in [0.717, 1.165) is 17.8 Å². The summed E-state index contributed by atoms with van der Waals surface area (Å²) in [6, 6.07) is -0.661. The average molecular weight is 371 g/mol. The Balaban J connectivity index is 1.64. The second-order valence-electron chi connectivity index (χ2n) is 6.20. The zero-order valence-corrected chi connectivity index (χ0v) is 15.3. The number of hydrogen-bond donors (Lipinski definition) is 2. The molecule has 1 unspecified atom stereocenters. The van der Waals surface area contributed by atoms with Crippen LogP contribution < -0.4 is 5.32 Å². The molecule has 2 N–H and O–H groups in total. The monoisotopic (exact) mass is 371 g/mol. The van der Waals surface area contributed by atoms with Crippen LogP contribution in [0, 0.1) is 6.92 Å². The molecule has 142 valence electrons. The number of nitrogens with zero attached hydrogens (tertiary/aromatic N) is 6. The molecule has 27 heavy (non-hydrogen) atoms. The zero-order valence-electron chi connectivity index (χ0n) is 15.3. The first-order valence-electron chi connectivity index (χ1n) is 8.51. The highest BCUT2D eigenvalue weighted by molar-refractivity contribution is 5.93. The van der Waals surface area contributed by atoms with Gasteiger partial charge in [0.25, 0.3) is 0 Å².